The number of aryl methyl sites for hydroxylation is 1. The molecule has 0 aromatic heterocycles. The number of rotatable bonds is 5. The van der Waals surface area contributed by atoms with Gasteiger partial charge >= 0.3 is 12.1 Å². The highest BCUT2D eigenvalue weighted by molar-refractivity contribution is 6.35. The molecule has 0 aliphatic heterocycles. The number of alkyl halides is 3. The topological polar surface area (TPSA) is 26.3 Å². The molecule has 0 radical (unpaired) electrons. The van der Waals surface area contributed by atoms with Crippen molar-refractivity contribution >= 4 is 35.2 Å². The van der Waals surface area contributed by atoms with Gasteiger partial charge in [-0.15, -0.1) is 0 Å². The Kier molecular flexibility index (Phi) is 7.12. The average molecular weight is 435 g/mol. The molecule has 2 rings (SSSR count). The SMILES string of the molecule is CCOC(=O)c1ccc(C=CC(c2cc(Cl)c(F)c(Cl)c2)C(F)(F)F)cc1C. The predicted octanol–water partition coefficient (Wildman–Crippen LogP) is 6.98. The number of halogens is 6. The number of esters is 1. The van der Waals surface area contributed by atoms with Crippen molar-refractivity contribution in [3.8, 4) is 0 Å². The Bertz CT molecular complexity index is 885. The van der Waals surface area contributed by atoms with E-state index in [-0.39, 0.29) is 12.2 Å². The summed E-state index contributed by atoms with van der Waals surface area (Å²) in [7, 11) is 0. The first kappa shape index (κ1) is 22.2. The van der Waals surface area contributed by atoms with Gasteiger partial charge in [-0.1, -0.05) is 47.5 Å². The molecule has 8 heteroatoms. The van der Waals surface area contributed by atoms with E-state index < -0.39 is 33.9 Å². The second kappa shape index (κ2) is 8.97. The van der Waals surface area contributed by atoms with Crippen LogP contribution in [0.4, 0.5) is 17.6 Å². The normalized spacial score (nSPS) is 13.0. The number of carbonyl (C=O) groups excluding carboxylic acids is 1. The third-order valence-corrected chi connectivity index (χ3v) is 4.49. The fourth-order valence-corrected chi connectivity index (χ4v) is 3.10. The Morgan fingerprint density at radius 2 is 1.79 bits per heavy atom. The molecule has 28 heavy (non-hydrogen) atoms. The summed E-state index contributed by atoms with van der Waals surface area (Å²) in [5, 5.41) is -0.973. The highest BCUT2D eigenvalue weighted by Crippen LogP contribution is 2.39. The summed E-state index contributed by atoms with van der Waals surface area (Å²) in [5.74, 6) is -3.51. The van der Waals surface area contributed by atoms with Crippen LogP contribution >= 0.6 is 23.2 Å². The molecule has 0 N–H and O–H groups in total. The van der Waals surface area contributed by atoms with E-state index in [0.29, 0.717) is 16.7 Å². The van der Waals surface area contributed by atoms with E-state index in [1.807, 2.05) is 0 Å². The molecule has 0 heterocycles. The number of benzene rings is 2. The molecule has 1 atom stereocenters. The van der Waals surface area contributed by atoms with E-state index in [1.165, 1.54) is 18.2 Å². The van der Waals surface area contributed by atoms with Crippen molar-refractivity contribution in [2.24, 2.45) is 0 Å². The lowest BCUT2D eigenvalue weighted by molar-refractivity contribution is -0.139. The highest BCUT2D eigenvalue weighted by atomic mass is 35.5. The maximum Gasteiger partial charge on any atom is 0.399 e. The number of hydrogen-bond acceptors (Lipinski definition) is 2. The second-order valence-electron chi connectivity index (χ2n) is 5.97. The minimum atomic E-state index is -4.64. The zero-order valence-corrected chi connectivity index (χ0v) is 16.4. The highest BCUT2D eigenvalue weighted by Gasteiger charge is 2.39. The molecule has 0 amide bonds. The fourth-order valence-electron chi connectivity index (χ4n) is 2.60. The van der Waals surface area contributed by atoms with Crippen LogP contribution in [0.1, 0.15) is 39.9 Å². The molecular formula is C20H16Cl2F4O2. The third kappa shape index (κ3) is 5.26. The zero-order valence-electron chi connectivity index (χ0n) is 14.9. The summed E-state index contributed by atoms with van der Waals surface area (Å²) in [6, 6.07) is 6.37. The van der Waals surface area contributed by atoms with Crippen molar-refractivity contribution < 1.29 is 27.1 Å². The van der Waals surface area contributed by atoms with E-state index in [0.717, 1.165) is 18.2 Å². The molecule has 0 bridgehead atoms. The number of hydrogen-bond donors (Lipinski definition) is 0. The molecule has 0 aliphatic rings. The van der Waals surface area contributed by atoms with Gasteiger partial charge in [-0.2, -0.15) is 13.2 Å². The van der Waals surface area contributed by atoms with Crippen molar-refractivity contribution in [2.75, 3.05) is 6.61 Å². The number of ether oxygens (including phenoxy) is 1. The van der Waals surface area contributed by atoms with Gasteiger partial charge in [-0.3, -0.25) is 0 Å². The second-order valence-corrected chi connectivity index (χ2v) is 6.79. The first-order valence-electron chi connectivity index (χ1n) is 8.21. The van der Waals surface area contributed by atoms with Gasteiger partial charge in [-0.05, 0) is 48.7 Å². The summed E-state index contributed by atoms with van der Waals surface area (Å²) in [6.07, 6.45) is -2.44. The van der Waals surface area contributed by atoms with E-state index in [1.54, 1.807) is 19.9 Å². The quantitative estimate of drug-likeness (QED) is 0.288. The average Bonchev–Trinajstić information content (AvgIpc) is 2.58. The van der Waals surface area contributed by atoms with Crippen LogP contribution in [0.2, 0.25) is 10.0 Å². The molecule has 0 spiro atoms. The van der Waals surface area contributed by atoms with Crippen LogP contribution < -0.4 is 0 Å². The van der Waals surface area contributed by atoms with Gasteiger partial charge in [-0.25, -0.2) is 9.18 Å². The Morgan fingerprint density at radius 3 is 2.29 bits per heavy atom. The first-order valence-corrected chi connectivity index (χ1v) is 8.97. The minimum absolute atomic E-state index is 0.218. The van der Waals surface area contributed by atoms with Crippen LogP contribution in [0.15, 0.2) is 36.4 Å². The van der Waals surface area contributed by atoms with E-state index in [9.17, 15) is 22.4 Å². The van der Waals surface area contributed by atoms with Gasteiger partial charge < -0.3 is 4.74 Å². The van der Waals surface area contributed by atoms with Crippen molar-refractivity contribution in [2.45, 2.75) is 25.9 Å². The molecule has 2 aromatic carbocycles. The van der Waals surface area contributed by atoms with Crippen LogP contribution in [-0.2, 0) is 4.74 Å². The summed E-state index contributed by atoms with van der Waals surface area (Å²) in [4.78, 5) is 11.8. The molecule has 150 valence electrons. The Hall–Kier alpha value is -2.05. The van der Waals surface area contributed by atoms with Crippen LogP contribution in [0.25, 0.3) is 6.08 Å². The molecule has 2 nitrogen and oxygen atoms in total. The third-order valence-electron chi connectivity index (χ3n) is 3.94. The summed E-state index contributed by atoms with van der Waals surface area (Å²) in [6.45, 7) is 3.55. The number of allylic oxidation sites excluding steroid dienone is 1. The molecule has 0 saturated carbocycles. The molecule has 0 aliphatic carbocycles. The summed E-state index contributed by atoms with van der Waals surface area (Å²) < 4.78 is 59.0. The zero-order chi connectivity index (χ0) is 21.1. The van der Waals surface area contributed by atoms with Gasteiger partial charge in [0.05, 0.1) is 28.1 Å². The monoisotopic (exact) mass is 434 g/mol. The summed E-state index contributed by atoms with van der Waals surface area (Å²) >= 11 is 11.3. The summed E-state index contributed by atoms with van der Waals surface area (Å²) in [5.41, 5.74) is 1.08. The lowest BCUT2D eigenvalue weighted by atomic mass is 9.96. The lowest BCUT2D eigenvalue weighted by Gasteiger charge is -2.18. The first-order chi connectivity index (χ1) is 13.0. The maximum atomic E-state index is 13.5. The van der Waals surface area contributed by atoms with Gasteiger partial charge in [0.25, 0.3) is 0 Å². The van der Waals surface area contributed by atoms with Gasteiger partial charge in [0, 0.05) is 0 Å². The van der Waals surface area contributed by atoms with Crippen LogP contribution in [0.5, 0.6) is 0 Å². The Labute approximate surface area is 169 Å². The molecule has 0 fully saturated rings. The van der Waals surface area contributed by atoms with Crippen molar-refractivity contribution in [3.05, 3.63) is 74.5 Å². The van der Waals surface area contributed by atoms with Crippen LogP contribution in [0, 0.1) is 12.7 Å². The lowest BCUT2D eigenvalue weighted by Crippen LogP contribution is -2.19. The van der Waals surface area contributed by atoms with E-state index in [4.69, 9.17) is 27.9 Å². The molecule has 0 saturated heterocycles. The minimum Gasteiger partial charge on any atom is -0.462 e. The van der Waals surface area contributed by atoms with E-state index in [2.05, 4.69) is 0 Å². The molecular weight excluding hydrogens is 419 g/mol. The predicted molar refractivity (Wildman–Crippen MR) is 101 cm³/mol. The van der Waals surface area contributed by atoms with Crippen molar-refractivity contribution in [1.29, 1.82) is 0 Å². The van der Waals surface area contributed by atoms with Crippen molar-refractivity contribution in [1.82, 2.24) is 0 Å². The van der Waals surface area contributed by atoms with Crippen LogP contribution in [0.3, 0.4) is 0 Å². The standard InChI is InChI=1S/C20H16Cl2F4O2/c1-3-28-19(27)14-6-4-12(8-11(14)2)5-7-15(20(24,25)26)13-9-16(21)18(23)17(22)10-13/h4-10,15H,3H2,1-2H3. The smallest absolute Gasteiger partial charge is 0.399 e. The van der Waals surface area contributed by atoms with E-state index >= 15 is 0 Å². The van der Waals surface area contributed by atoms with Gasteiger partial charge in [0.15, 0.2) is 5.82 Å². The molecule has 2 aromatic rings. The van der Waals surface area contributed by atoms with Gasteiger partial charge in [0.1, 0.15) is 0 Å². The largest absolute Gasteiger partial charge is 0.462 e. The number of carbonyl (C=O) groups is 1. The molecule has 1 unspecified atom stereocenters. The Balaban J connectivity index is 2.37. The van der Waals surface area contributed by atoms with Gasteiger partial charge in [0.2, 0.25) is 0 Å². The Morgan fingerprint density at radius 1 is 1.18 bits per heavy atom. The maximum absolute atomic E-state index is 13.5. The van der Waals surface area contributed by atoms with Crippen molar-refractivity contribution in [3.63, 3.8) is 0 Å². The fraction of sp³-hybridized carbons (Fsp3) is 0.250. The van der Waals surface area contributed by atoms with Crippen LogP contribution in [-0.4, -0.2) is 18.8 Å².